The molecule has 2 N–H and O–H groups in total. The van der Waals surface area contributed by atoms with Gasteiger partial charge in [-0.15, -0.1) is 5.10 Å². The molecule has 1 aromatic heterocycles. The summed E-state index contributed by atoms with van der Waals surface area (Å²) in [5, 5.41) is 24.5. The van der Waals surface area contributed by atoms with E-state index in [1.807, 2.05) is 44.5 Å². The Morgan fingerprint density at radius 2 is 2.06 bits per heavy atom. The molecule has 1 saturated heterocycles. The van der Waals surface area contributed by atoms with Crippen LogP contribution < -0.4 is 4.74 Å². The van der Waals surface area contributed by atoms with Crippen molar-refractivity contribution in [2.45, 2.75) is 90.9 Å². The van der Waals surface area contributed by atoms with Gasteiger partial charge in [-0.3, -0.25) is 4.68 Å². The molecular formula is C26H42N2O6. The summed E-state index contributed by atoms with van der Waals surface area (Å²) < 4.78 is 25.1. The molecule has 0 bridgehead atoms. The van der Waals surface area contributed by atoms with Gasteiger partial charge in [0.05, 0.1) is 37.6 Å². The Morgan fingerprint density at radius 3 is 2.65 bits per heavy atom. The van der Waals surface area contributed by atoms with Crippen LogP contribution in [0.25, 0.3) is 0 Å². The maximum absolute atomic E-state index is 10.2. The van der Waals surface area contributed by atoms with Crippen molar-refractivity contribution in [2.75, 3.05) is 20.3 Å². The second-order valence-electron chi connectivity index (χ2n) is 9.07. The fraction of sp³-hybridized carbons (Fsp3) is 0.654. The van der Waals surface area contributed by atoms with E-state index in [9.17, 15) is 10.2 Å². The van der Waals surface area contributed by atoms with Gasteiger partial charge < -0.3 is 29.2 Å². The van der Waals surface area contributed by atoms with Crippen LogP contribution >= 0.6 is 0 Å². The van der Waals surface area contributed by atoms with Gasteiger partial charge in [0.15, 0.2) is 0 Å². The minimum atomic E-state index is -0.680. The first-order valence-electron chi connectivity index (χ1n) is 12.1. The fourth-order valence-electron chi connectivity index (χ4n) is 3.99. The van der Waals surface area contributed by atoms with E-state index in [1.54, 1.807) is 13.2 Å². The summed E-state index contributed by atoms with van der Waals surface area (Å²) in [6, 6.07) is 0.0696. The van der Waals surface area contributed by atoms with Crippen LogP contribution in [0.5, 0.6) is 5.88 Å². The van der Waals surface area contributed by atoms with Crippen LogP contribution in [0.3, 0.4) is 0 Å². The highest BCUT2D eigenvalue weighted by atomic mass is 16.7. The van der Waals surface area contributed by atoms with Gasteiger partial charge in [0.2, 0.25) is 12.2 Å². The molecule has 0 saturated carbocycles. The molecule has 1 aliphatic heterocycles. The Hall–Kier alpha value is -2.13. The molecule has 1 aliphatic rings. The van der Waals surface area contributed by atoms with E-state index in [0.717, 1.165) is 23.3 Å². The molecule has 0 aliphatic carbocycles. The van der Waals surface area contributed by atoms with E-state index in [1.165, 1.54) is 0 Å². The summed E-state index contributed by atoms with van der Waals surface area (Å²) in [7, 11) is 1.68. The number of allylic oxidation sites excluding steroid dienone is 4. The molecule has 2 heterocycles. The van der Waals surface area contributed by atoms with E-state index in [4.69, 9.17) is 24.0 Å². The van der Waals surface area contributed by atoms with Crippen LogP contribution in [0, 0.1) is 6.92 Å². The van der Waals surface area contributed by atoms with Gasteiger partial charge in [0, 0.05) is 37.6 Å². The number of aliphatic hydroxyl groups excluding tert-OH is 2. The first-order chi connectivity index (χ1) is 16.2. The molecule has 4 atom stereocenters. The third-order valence-corrected chi connectivity index (χ3v) is 5.76. The number of hydrogen-bond acceptors (Lipinski definition) is 7. The number of aliphatic hydroxyl groups is 2. The van der Waals surface area contributed by atoms with Crippen LogP contribution in [0.15, 0.2) is 36.1 Å². The largest absolute Gasteiger partial charge is 0.491 e. The van der Waals surface area contributed by atoms with Gasteiger partial charge in [-0.1, -0.05) is 25.2 Å². The highest BCUT2D eigenvalue weighted by Crippen LogP contribution is 2.31. The lowest BCUT2D eigenvalue weighted by molar-refractivity contribution is -0.186. The highest BCUT2D eigenvalue weighted by Gasteiger charge is 2.31. The van der Waals surface area contributed by atoms with E-state index in [-0.39, 0.29) is 18.8 Å². The molecule has 2 rings (SSSR count). The standard InChI is InChI=1S/C26H42N2O6/c1-8-20(16-31-7)28-19(6)24(12-18(5)10-11-22(9-2)32-17(3)4)26(27-28)34-25-14-21(30)13-23(15-29)33-25/h9-11,17,20-21,23,25,29-30H,2,8,12-16H2,1,3-7H3/b18-10+,22-11+. The molecule has 0 radical (unpaired) electrons. The number of methoxy groups -OCH3 is 1. The monoisotopic (exact) mass is 478 g/mol. The summed E-state index contributed by atoms with van der Waals surface area (Å²) in [6.07, 6.45) is 6.14. The zero-order chi connectivity index (χ0) is 25.3. The first kappa shape index (κ1) is 28.1. The normalized spacial score (nSPS) is 22.7. The number of rotatable bonds is 13. The Kier molecular flexibility index (Phi) is 11.3. The predicted molar refractivity (Wildman–Crippen MR) is 132 cm³/mol. The summed E-state index contributed by atoms with van der Waals surface area (Å²) in [4.78, 5) is 0. The van der Waals surface area contributed by atoms with Crippen LogP contribution in [0.2, 0.25) is 0 Å². The van der Waals surface area contributed by atoms with E-state index >= 15 is 0 Å². The van der Waals surface area contributed by atoms with E-state index < -0.39 is 18.5 Å². The quantitative estimate of drug-likeness (QED) is 0.327. The van der Waals surface area contributed by atoms with Crippen molar-refractivity contribution in [1.82, 2.24) is 9.78 Å². The molecule has 192 valence electrons. The van der Waals surface area contributed by atoms with Crippen molar-refractivity contribution >= 4 is 0 Å². The molecule has 0 spiro atoms. The van der Waals surface area contributed by atoms with E-state index in [2.05, 4.69) is 13.5 Å². The number of hydrogen-bond donors (Lipinski definition) is 2. The second-order valence-corrected chi connectivity index (χ2v) is 9.07. The topological polar surface area (TPSA) is 95.2 Å². The van der Waals surface area contributed by atoms with Crippen molar-refractivity contribution in [3.8, 4) is 5.88 Å². The van der Waals surface area contributed by atoms with Crippen LogP contribution in [0.1, 0.15) is 64.3 Å². The van der Waals surface area contributed by atoms with Gasteiger partial charge in [-0.05, 0) is 46.3 Å². The minimum Gasteiger partial charge on any atom is -0.491 e. The number of nitrogens with zero attached hydrogens (tertiary/aromatic N) is 2. The third-order valence-electron chi connectivity index (χ3n) is 5.76. The van der Waals surface area contributed by atoms with E-state index in [0.29, 0.717) is 37.5 Å². The Balaban J connectivity index is 2.35. The van der Waals surface area contributed by atoms with Crippen LogP contribution in [-0.4, -0.2) is 64.9 Å². The van der Waals surface area contributed by atoms with Gasteiger partial charge in [-0.2, -0.15) is 0 Å². The average Bonchev–Trinajstić information content (AvgIpc) is 3.08. The van der Waals surface area contributed by atoms with Crippen molar-refractivity contribution in [3.05, 3.63) is 47.4 Å². The smallest absolute Gasteiger partial charge is 0.238 e. The maximum Gasteiger partial charge on any atom is 0.238 e. The van der Waals surface area contributed by atoms with Gasteiger partial charge in [0.25, 0.3) is 0 Å². The van der Waals surface area contributed by atoms with Crippen molar-refractivity contribution < 1.29 is 29.2 Å². The SMILES string of the molecule is C=C/C(=C\C=C(/C)Cc1c(OC2CC(O)CC(CO)O2)nn(C(CC)COC)c1C)OC(C)C. The molecule has 1 fully saturated rings. The van der Waals surface area contributed by atoms with Gasteiger partial charge in [-0.25, -0.2) is 0 Å². The third kappa shape index (κ3) is 7.98. The molecule has 34 heavy (non-hydrogen) atoms. The molecular weight excluding hydrogens is 436 g/mol. The summed E-state index contributed by atoms with van der Waals surface area (Å²) >= 11 is 0. The van der Waals surface area contributed by atoms with Crippen molar-refractivity contribution in [2.24, 2.45) is 0 Å². The Labute approximate surface area is 203 Å². The first-order valence-corrected chi connectivity index (χ1v) is 12.1. The molecule has 4 unspecified atom stereocenters. The summed E-state index contributed by atoms with van der Waals surface area (Å²) in [5.74, 6) is 1.19. The lowest BCUT2D eigenvalue weighted by atomic mass is 10.0. The lowest BCUT2D eigenvalue weighted by Crippen LogP contribution is -2.40. The Morgan fingerprint density at radius 1 is 1.32 bits per heavy atom. The predicted octanol–water partition coefficient (Wildman–Crippen LogP) is 4.01. The molecule has 0 aromatic carbocycles. The number of ether oxygens (including phenoxy) is 4. The molecule has 0 amide bonds. The average molecular weight is 479 g/mol. The van der Waals surface area contributed by atoms with Gasteiger partial charge in [0.1, 0.15) is 5.76 Å². The minimum absolute atomic E-state index is 0.0683. The fourth-order valence-corrected chi connectivity index (χ4v) is 3.99. The van der Waals surface area contributed by atoms with Crippen molar-refractivity contribution in [1.29, 1.82) is 0 Å². The molecule has 1 aromatic rings. The van der Waals surface area contributed by atoms with Crippen LogP contribution in [0.4, 0.5) is 0 Å². The van der Waals surface area contributed by atoms with Crippen LogP contribution in [-0.2, 0) is 20.6 Å². The maximum atomic E-state index is 10.2. The number of aromatic nitrogens is 2. The summed E-state index contributed by atoms with van der Waals surface area (Å²) in [5.41, 5.74) is 3.04. The lowest BCUT2D eigenvalue weighted by Gasteiger charge is -2.31. The summed E-state index contributed by atoms with van der Waals surface area (Å²) in [6.45, 7) is 14.3. The van der Waals surface area contributed by atoms with Crippen molar-refractivity contribution in [3.63, 3.8) is 0 Å². The van der Waals surface area contributed by atoms with Gasteiger partial charge >= 0.3 is 0 Å². The molecule has 8 heteroatoms. The Bertz CT molecular complexity index is 845. The zero-order valence-electron chi connectivity index (χ0n) is 21.5. The molecule has 8 nitrogen and oxygen atoms in total. The zero-order valence-corrected chi connectivity index (χ0v) is 21.5. The highest BCUT2D eigenvalue weighted by molar-refractivity contribution is 5.36. The second kappa shape index (κ2) is 13.7.